The van der Waals surface area contributed by atoms with Gasteiger partial charge >= 0.3 is 0 Å². The number of hydrazine groups is 1. The third-order valence-corrected chi connectivity index (χ3v) is 4.10. The van der Waals surface area contributed by atoms with E-state index in [2.05, 4.69) is 40.5 Å². The van der Waals surface area contributed by atoms with Gasteiger partial charge in [-0.05, 0) is 31.2 Å². The van der Waals surface area contributed by atoms with Crippen LogP contribution in [0.1, 0.15) is 12.8 Å². The molecule has 0 aromatic rings. The van der Waals surface area contributed by atoms with Gasteiger partial charge in [0.15, 0.2) is 18.2 Å². The highest BCUT2D eigenvalue weighted by molar-refractivity contribution is 5.65. The van der Waals surface area contributed by atoms with Gasteiger partial charge in [-0.2, -0.15) is 4.39 Å². The fourth-order valence-corrected chi connectivity index (χ4v) is 2.58. The van der Waals surface area contributed by atoms with E-state index in [1.165, 1.54) is 11.0 Å². The van der Waals surface area contributed by atoms with Gasteiger partial charge in [0.1, 0.15) is 7.05 Å². The highest BCUT2D eigenvalue weighted by Gasteiger charge is 2.30. The fraction of sp³-hybridized carbons (Fsp3) is 0.526. The van der Waals surface area contributed by atoms with Crippen LogP contribution in [0.25, 0.3) is 0 Å². The number of nitrogens with zero attached hydrogens (tertiary/aromatic N) is 2. The summed E-state index contributed by atoms with van der Waals surface area (Å²) in [6, 6.07) is 0.114. The zero-order valence-electron chi connectivity index (χ0n) is 16.4. The Morgan fingerprint density at radius 3 is 2.40 bits per heavy atom. The smallest absolute Gasteiger partial charge is 0.189 e. The van der Waals surface area contributed by atoms with E-state index >= 15 is 0 Å². The summed E-state index contributed by atoms with van der Waals surface area (Å²) >= 11 is 0. The van der Waals surface area contributed by atoms with E-state index in [-0.39, 0.29) is 17.9 Å². The molecule has 0 rings (SSSR count). The molecule has 142 valence electrons. The van der Waals surface area contributed by atoms with Crippen molar-refractivity contribution in [1.29, 1.82) is 0 Å². The number of rotatable bonds is 13. The minimum absolute atomic E-state index is 0.00510. The molecule has 0 radical (unpaired) electrons. The lowest BCUT2D eigenvalue weighted by Gasteiger charge is -2.26. The molecule has 0 aliphatic carbocycles. The summed E-state index contributed by atoms with van der Waals surface area (Å²) in [7, 11) is 9.03. The maximum Gasteiger partial charge on any atom is 0.189 e. The van der Waals surface area contributed by atoms with Crippen molar-refractivity contribution in [2.24, 2.45) is 5.92 Å². The third-order valence-electron chi connectivity index (χ3n) is 4.10. The molecule has 0 amide bonds. The van der Waals surface area contributed by atoms with Crippen LogP contribution in [0.2, 0.25) is 0 Å². The Kier molecular flexibility index (Phi) is 11.5. The average molecular weight is 353 g/mol. The molecular weight excluding hydrogens is 317 g/mol. The molecule has 0 spiro atoms. The van der Waals surface area contributed by atoms with Gasteiger partial charge in [-0.25, -0.2) is 4.58 Å². The summed E-state index contributed by atoms with van der Waals surface area (Å²) in [5.41, 5.74) is 7.67. The molecule has 0 saturated carbocycles. The summed E-state index contributed by atoms with van der Waals surface area (Å²) in [4.78, 5) is 1.44. The molecule has 0 saturated heterocycles. The number of allylic oxidation sites excluding steroid dienone is 3. The van der Waals surface area contributed by atoms with E-state index in [0.29, 0.717) is 6.42 Å². The predicted octanol–water partition coefficient (Wildman–Crippen LogP) is 2.04. The van der Waals surface area contributed by atoms with Crippen molar-refractivity contribution in [2.45, 2.75) is 18.9 Å². The van der Waals surface area contributed by atoms with E-state index in [1.54, 1.807) is 20.2 Å². The highest BCUT2D eigenvalue weighted by atomic mass is 19.1. The van der Waals surface area contributed by atoms with Crippen LogP contribution in [0.5, 0.6) is 0 Å². The van der Waals surface area contributed by atoms with E-state index in [9.17, 15) is 4.39 Å². The van der Waals surface area contributed by atoms with Gasteiger partial charge in [0.25, 0.3) is 0 Å². The van der Waals surface area contributed by atoms with Gasteiger partial charge in [-0.1, -0.05) is 19.7 Å². The summed E-state index contributed by atoms with van der Waals surface area (Å²) in [5.74, 6) is -0.307. The molecule has 3 N–H and O–H groups in total. The zero-order chi connectivity index (χ0) is 19.4. The highest BCUT2D eigenvalue weighted by Crippen LogP contribution is 2.27. The first kappa shape index (κ1) is 23.1. The van der Waals surface area contributed by atoms with Crippen molar-refractivity contribution in [1.82, 2.24) is 21.1 Å². The molecule has 0 fully saturated rings. The average Bonchev–Trinajstić information content (AvgIpc) is 2.56. The first-order valence-electron chi connectivity index (χ1n) is 8.44. The molecule has 0 aromatic carbocycles. The van der Waals surface area contributed by atoms with Crippen molar-refractivity contribution >= 4 is 6.21 Å². The van der Waals surface area contributed by atoms with Crippen LogP contribution in [0, 0.1) is 5.92 Å². The van der Waals surface area contributed by atoms with Crippen LogP contribution in [-0.4, -0.2) is 63.5 Å². The minimum Gasteiger partial charge on any atom is -0.392 e. The summed E-state index contributed by atoms with van der Waals surface area (Å²) in [6.07, 6.45) is 6.71. The maximum atomic E-state index is 14.1. The second kappa shape index (κ2) is 12.4. The van der Waals surface area contributed by atoms with E-state index in [1.807, 2.05) is 27.4 Å². The van der Waals surface area contributed by atoms with Crippen LogP contribution >= 0.6 is 0 Å². The van der Waals surface area contributed by atoms with Crippen LogP contribution in [0.4, 0.5) is 4.39 Å². The summed E-state index contributed by atoms with van der Waals surface area (Å²) < 4.78 is 16.2. The first-order valence-corrected chi connectivity index (χ1v) is 8.44. The second-order valence-corrected chi connectivity index (χ2v) is 6.18. The Labute approximate surface area is 152 Å². The lowest BCUT2D eigenvalue weighted by Crippen LogP contribution is -2.38. The Morgan fingerprint density at radius 1 is 1.28 bits per heavy atom. The third kappa shape index (κ3) is 8.65. The summed E-state index contributed by atoms with van der Waals surface area (Å²) in [5, 5.41) is 3.08. The monoisotopic (exact) mass is 352 g/mol. The van der Waals surface area contributed by atoms with Crippen molar-refractivity contribution in [3.63, 3.8) is 0 Å². The molecule has 0 bridgehead atoms. The van der Waals surface area contributed by atoms with Crippen LogP contribution < -0.4 is 16.2 Å². The lowest BCUT2D eigenvalue weighted by atomic mass is 9.85. The Morgan fingerprint density at radius 2 is 1.92 bits per heavy atom. The number of halogens is 1. The van der Waals surface area contributed by atoms with Crippen LogP contribution in [-0.2, 0) is 0 Å². The molecule has 2 unspecified atom stereocenters. The largest absolute Gasteiger partial charge is 0.392 e. The normalized spacial score (nSPS) is 14.6. The van der Waals surface area contributed by atoms with Gasteiger partial charge in [-0.15, -0.1) is 0 Å². The molecule has 0 aliphatic rings. The molecule has 6 heteroatoms. The molecular formula is C19H35FN5+. The zero-order valence-corrected chi connectivity index (χ0v) is 16.4. The summed E-state index contributed by atoms with van der Waals surface area (Å²) in [6.45, 7) is 12.7. The minimum atomic E-state index is -0.312. The van der Waals surface area contributed by atoms with E-state index in [4.69, 9.17) is 0 Å². The van der Waals surface area contributed by atoms with E-state index in [0.717, 1.165) is 24.2 Å². The van der Waals surface area contributed by atoms with Gasteiger partial charge in [-0.3, -0.25) is 10.9 Å². The molecule has 0 aliphatic heterocycles. The van der Waals surface area contributed by atoms with Crippen LogP contribution in [0.3, 0.4) is 0 Å². The van der Waals surface area contributed by atoms with Crippen LogP contribution in [0.15, 0.2) is 49.1 Å². The standard InChI is InChI=1S/C19H35FN5/c1-9-12-25(8)18(10-11-23-22-5)17(14-16(3)21-4)15(2)13-19(20)24(6)7/h9,12-13,17-18,21-23H,1-3,10-11,14H2,4-8H3/q+1/b19-13-,25-12?. The first-order chi connectivity index (χ1) is 11.8. The van der Waals surface area contributed by atoms with Gasteiger partial charge in [0.05, 0.1) is 5.92 Å². The van der Waals surface area contributed by atoms with Crippen molar-refractivity contribution in [3.05, 3.63) is 49.1 Å². The SMILES string of the molecule is C=CC=[N+](C)C(CCNNC)C(CC(=C)NC)C(=C)/C=C(/F)N(C)C. The maximum absolute atomic E-state index is 14.1. The molecule has 0 aromatic heterocycles. The molecule has 5 nitrogen and oxygen atoms in total. The quantitative estimate of drug-likeness (QED) is 0.119. The number of hydrogen-bond donors (Lipinski definition) is 3. The van der Waals surface area contributed by atoms with E-state index < -0.39 is 0 Å². The second-order valence-electron chi connectivity index (χ2n) is 6.18. The van der Waals surface area contributed by atoms with Crippen molar-refractivity contribution in [3.8, 4) is 0 Å². The van der Waals surface area contributed by atoms with Gasteiger partial charge < -0.3 is 10.2 Å². The predicted molar refractivity (Wildman–Crippen MR) is 106 cm³/mol. The topological polar surface area (TPSA) is 42.3 Å². The Hall–Kier alpha value is -1.92. The van der Waals surface area contributed by atoms with Crippen molar-refractivity contribution in [2.75, 3.05) is 41.8 Å². The molecule has 25 heavy (non-hydrogen) atoms. The number of nitrogens with one attached hydrogen (secondary N) is 3. The fourth-order valence-electron chi connectivity index (χ4n) is 2.58. The molecule has 2 atom stereocenters. The lowest BCUT2D eigenvalue weighted by molar-refractivity contribution is -0.541. The Bertz CT molecular complexity index is 508. The van der Waals surface area contributed by atoms with Crippen molar-refractivity contribution < 1.29 is 8.97 Å². The molecule has 0 heterocycles. The Balaban J connectivity index is 5.69. The number of hydrogen-bond acceptors (Lipinski definition) is 4. The van der Waals surface area contributed by atoms with Gasteiger partial charge in [0.2, 0.25) is 0 Å². The van der Waals surface area contributed by atoms with Gasteiger partial charge in [0, 0.05) is 39.8 Å².